The minimum atomic E-state index is -0.608. The minimum absolute atomic E-state index is 0.0543. The first-order valence-corrected chi connectivity index (χ1v) is 11.3. The van der Waals surface area contributed by atoms with Crippen LogP contribution in [0.1, 0.15) is 64.1 Å². The Morgan fingerprint density at radius 3 is 2.55 bits per heavy atom. The van der Waals surface area contributed by atoms with E-state index >= 15 is 0 Å². The molecular formula is C22H32N4O4S. The van der Waals surface area contributed by atoms with Gasteiger partial charge in [0, 0.05) is 5.69 Å². The highest BCUT2D eigenvalue weighted by atomic mass is 32.2. The number of anilines is 1. The SMILES string of the molecule is CCC(C)C(NC(=O)OC(C)(C)C)c1nnc(SCC(=O)Nc2ccc(C)cc2C)o1. The Kier molecular flexibility index (Phi) is 8.50. The van der Waals surface area contributed by atoms with E-state index < -0.39 is 17.7 Å². The Balaban J connectivity index is 1.99. The van der Waals surface area contributed by atoms with E-state index in [1.165, 1.54) is 0 Å². The van der Waals surface area contributed by atoms with E-state index in [0.717, 1.165) is 35.0 Å². The van der Waals surface area contributed by atoms with E-state index in [9.17, 15) is 9.59 Å². The van der Waals surface area contributed by atoms with Gasteiger partial charge in [-0.15, -0.1) is 10.2 Å². The molecule has 170 valence electrons. The summed E-state index contributed by atoms with van der Waals surface area (Å²) in [6.45, 7) is 13.4. The van der Waals surface area contributed by atoms with E-state index in [0.29, 0.717) is 0 Å². The van der Waals surface area contributed by atoms with Crippen LogP contribution in [0.5, 0.6) is 0 Å². The molecular weight excluding hydrogens is 416 g/mol. The fraction of sp³-hybridized carbons (Fsp3) is 0.545. The maximum Gasteiger partial charge on any atom is 0.408 e. The van der Waals surface area contributed by atoms with Crippen LogP contribution in [0.4, 0.5) is 10.5 Å². The molecule has 2 atom stereocenters. The van der Waals surface area contributed by atoms with E-state index in [-0.39, 0.29) is 28.7 Å². The number of nitrogens with zero attached hydrogens (tertiary/aromatic N) is 2. The lowest BCUT2D eigenvalue weighted by molar-refractivity contribution is -0.113. The summed E-state index contributed by atoms with van der Waals surface area (Å²) in [4.78, 5) is 24.5. The van der Waals surface area contributed by atoms with Crippen molar-refractivity contribution >= 4 is 29.4 Å². The van der Waals surface area contributed by atoms with Crippen LogP contribution >= 0.6 is 11.8 Å². The molecule has 0 aliphatic carbocycles. The third-order valence-electron chi connectivity index (χ3n) is 4.56. The number of ether oxygens (including phenoxy) is 1. The Morgan fingerprint density at radius 1 is 1.23 bits per heavy atom. The second-order valence-electron chi connectivity index (χ2n) is 8.57. The molecule has 9 heteroatoms. The molecule has 1 aromatic heterocycles. The number of benzene rings is 1. The van der Waals surface area contributed by atoms with Crippen molar-refractivity contribution < 1.29 is 18.7 Å². The molecule has 0 aliphatic heterocycles. The Morgan fingerprint density at radius 2 is 1.94 bits per heavy atom. The summed E-state index contributed by atoms with van der Waals surface area (Å²) in [7, 11) is 0. The minimum Gasteiger partial charge on any atom is -0.444 e. The van der Waals surface area contributed by atoms with Gasteiger partial charge < -0.3 is 19.8 Å². The topological polar surface area (TPSA) is 106 Å². The number of rotatable bonds is 8. The van der Waals surface area contributed by atoms with Crippen molar-refractivity contribution in [1.82, 2.24) is 15.5 Å². The van der Waals surface area contributed by atoms with Crippen LogP contribution in [0.3, 0.4) is 0 Å². The van der Waals surface area contributed by atoms with Crippen LogP contribution in [-0.4, -0.2) is 33.6 Å². The molecule has 0 spiro atoms. The lowest BCUT2D eigenvalue weighted by Crippen LogP contribution is -2.37. The van der Waals surface area contributed by atoms with Gasteiger partial charge in [0.15, 0.2) is 0 Å². The fourth-order valence-corrected chi connectivity index (χ4v) is 3.36. The number of carbonyl (C=O) groups excluding carboxylic acids is 2. The monoisotopic (exact) mass is 448 g/mol. The molecule has 1 aromatic carbocycles. The molecule has 8 nitrogen and oxygen atoms in total. The van der Waals surface area contributed by atoms with Crippen molar-refractivity contribution in [3.8, 4) is 0 Å². The number of alkyl carbamates (subject to hydrolysis) is 1. The first kappa shape index (κ1) is 24.7. The first-order chi connectivity index (χ1) is 14.5. The van der Waals surface area contributed by atoms with Crippen LogP contribution in [0.15, 0.2) is 27.8 Å². The maximum atomic E-state index is 12.3. The van der Waals surface area contributed by atoms with E-state index in [1.54, 1.807) is 20.8 Å². The largest absolute Gasteiger partial charge is 0.444 e. The molecule has 2 aromatic rings. The Hall–Kier alpha value is -2.55. The summed E-state index contributed by atoms with van der Waals surface area (Å²) >= 11 is 1.15. The van der Waals surface area contributed by atoms with Crippen LogP contribution in [0.25, 0.3) is 0 Å². The third-order valence-corrected chi connectivity index (χ3v) is 5.37. The van der Waals surface area contributed by atoms with Gasteiger partial charge in [0.25, 0.3) is 5.22 Å². The van der Waals surface area contributed by atoms with Crippen molar-refractivity contribution in [2.75, 3.05) is 11.1 Å². The van der Waals surface area contributed by atoms with Crippen LogP contribution in [0.2, 0.25) is 0 Å². The van der Waals surface area contributed by atoms with E-state index in [2.05, 4.69) is 20.8 Å². The predicted octanol–water partition coefficient (Wildman–Crippen LogP) is 5.03. The number of carbonyl (C=O) groups is 2. The zero-order chi connectivity index (χ0) is 23.2. The maximum absolute atomic E-state index is 12.3. The smallest absolute Gasteiger partial charge is 0.408 e. The van der Waals surface area contributed by atoms with Gasteiger partial charge in [0.1, 0.15) is 11.6 Å². The van der Waals surface area contributed by atoms with Gasteiger partial charge in [-0.3, -0.25) is 4.79 Å². The zero-order valence-electron chi connectivity index (χ0n) is 19.2. The normalized spacial score (nSPS) is 13.4. The average Bonchev–Trinajstić information content (AvgIpc) is 3.13. The van der Waals surface area contributed by atoms with Gasteiger partial charge in [0.2, 0.25) is 11.8 Å². The summed E-state index contributed by atoms with van der Waals surface area (Å²) in [6.07, 6.45) is 0.252. The molecule has 0 saturated carbocycles. The summed E-state index contributed by atoms with van der Waals surface area (Å²) in [6, 6.07) is 5.37. The predicted molar refractivity (Wildman–Crippen MR) is 121 cm³/mol. The van der Waals surface area contributed by atoms with Crippen LogP contribution in [0, 0.1) is 19.8 Å². The van der Waals surface area contributed by atoms with Crippen LogP contribution in [-0.2, 0) is 9.53 Å². The molecule has 2 amide bonds. The Bertz CT molecular complexity index is 907. The number of amides is 2. The van der Waals surface area contributed by atoms with Crippen LogP contribution < -0.4 is 10.6 Å². The molecule has 0 aliphatic rings. The second kappa shape index (κ2) is 10.7. The quantitative estimate of drug-likeness (QED) is 0.546. The highest BCUT2D eigenvalue weighted by Gasteiger charge is 2.28. The number of aromatic nitrogens is 2. The lowest BCUT2D eigenvalue weighted by atomic mass is 9.99. The summed E-state index contributed by atoms with van der Waals surface area (Å²) in [5.41, 5.74) is 2.31. The number of thioether (sulfide) groups is 1. The number of aryl methyl sites for hydroxylation is 2. The molecule has 0 radical (unpaired) electrons. The zero-order valence-corrected chi connectivity index (χ0v) is 20.1. The average molecular weight is 449 g/mol. The highest BCUT2D eigenvalue weighted by molar-refractivity contribution is 7.99. The number of hydrogen-bond acceptors (Lipinski definition) is 7. The fourth-order valence-electron chi connectivity index (χ4n) is 2.79. The highest BCUT2D eigenvalue weighted by Crippen LogP contribution is 2.27. The molecule has 1 heterocycles. The van der Waals surface area contributed by atoms with Gasteiger partial charge in [-0.1, -0.05) is 49.7 Å². The summed E-state index contributed by atoms with van der Waals surface area (Å²) < 4.78 is 11.1. The van der Waals surface area contributed by atoms with Gasteiger partial charge in [-0.2, -0.15) is 0 Å². The van der Waals surface area contributed by atoms with E-state index in [4.69, 9.17) is 9.15 Å². The number of hydrogen-bond donors (Lipinski definition) is 2. The van der Waals surface area contributed by atoms with Crippen molar-refractivity contribution in [2.45, 2.75) is 71.8 Å². The summed E-state index contributed by atoms with van der Waals surface area (Å²) in [5, 5.41) is 14.1. The lowest BCUT2D eigenvalue weighted by Gasteiger charge is -2.24. The molecule has 31 heavy (non-hydrogen) atoms. The van der Waals surface area contributed by atoms with Crippen molar-refractivity contribution in [2.24, 2.45) is 5.92 Å². The Labute approximate surface area is 187 Å². The van der Waals surface area contributed by atoms with Crippen molar-refractivity contribution in [1.29, 1.82) is 0 Å². The summed E-state index contributed by atoms with van der Waals surface area (Å²) in [5.74, 6) is 0.306. The standard InChI is InChI=1S/C22H32N4O4S/c1-8-14(3)18(24-20(28)30-22(5,6)7)19-25-26-21(29-19)31-12-17(27)23-16-10-9-13(2)11-15(16)4/h9-11,14,18H,8,12H2,1-7H3,(H,23,27)(H,24,28). The molecule has 2 rings (SSSR count). The number of nitrogens with one attached hydrogen (secondary N) is 2. The van der Waals surface area contributed by atoms with Gasteiger partial charge in [-0.05, 0) is 52.2 Å². The molecule has 0 bridgehead atoms. The van der Waals surface area contributed by atoms with E-state index in [1.807, 2.05) is 45.9 Å². The van der Waals surface area contributed by atoms with Crippen molar-refractivity contribution in [3.63, 3.8) is 0 Å². The molecule has 2 N–H and O–H groups in total. The first-order valence-electron chi connectivity index (χ1n) is 10.3. The molecule has 0 fully saturated rings. The second-order valence-corrected chi connectivity index (χ2v) is 9.50. The van der Waals surface area contributed by atoms with Gasteiger partial charge in [0.05, 0.1) is 5.75 Å². The van der Waals surface area contributed by atoms with Gasteiger partial charge in [-0.25, -0.2) is 4.79 Å². The van der Waals surface area contributed by atoms with Gasteiger partial charge >= 0.3 is 6.09 Å². The molecule has 2 unspecified atom stereocenters. The van der Waals surface area contributed by atoms with Crippen molar-refractivity contribution in [3.05, 3.63) is 35.2 Å². The third kappa shape index (κ3) is 7.90. The molecule has 0 saturated heterocycles.